The summed E-state index contributed by atoms with van der Waals surface area (Å²) in [6.07, 6.45) is 3.92. The van der Waals surface area contributed by atoms with E-state index in [1.807, 2.05) is 31.2 Å². The number of methoxy groups -OCH3 is 1. The molecule has 0 spiro atoms. The second-order valence-corrected chi connectivity index (χ2v) is 2.61. The van der Waals surface area contributed by atoms with Crippen LogP contribution in [0.3, 0.4) is 0 Å². The summed E-state index contributed by atoms with van der Waals surface area (Å²) in [6, 6.07) is 7.26. The zero-order valence-corrected chi connectivity index (χ0v) is 7.78. The summed E-state index contributed by atoms with van der Waals surface area (Å²) in [4.78, 5) is 11.0. The SMILES string of the molecule is C/C=C/c1ccc(C(=O)OC)cc1. The molecule has 0 aliphatic heterocycles. The first-order chi connectivity index (χ1) is 6.27. The van der Waals surface area contributed by atoms with E-state index in [1.165, 1.54) is 7.11 Å². The van der Waals surface area contributed by atoms with Crippen LogP contribution in [0, 0.1) is 0 Å². The molecule has 68 valence electrons. The molecular formula is C11H12O2. The summed E-state index contributed by atoms with van der Waals surface area (Å²) in [6.45, 7) is 1.95. The topological polar surface area (TPSA) is 26.3 Å². The molecule has 0 saturated carbocycles. The minimum atomic E-state index is -0.299. The first-order valence-electron chi connectivity index (χ1n) is 4.09. The van der Waals surface area contributed by atoms with Gasteiger partial charge in [-0.2, -0.15) is 0 Å². The maximum Gasteiger partial charge on any atom is 0.337 e. The molecule has 0 saturated heterocycles. The van der Waals surface area contributed by atoms with Crippen molar-refractivity contribution in [1.82, 2.24) is 0 Å². The van der Waals surface area contributed by atoms with Crippen LogP contribution in [0.15, 0.2) is 30.3 Å². The van der Waals surface area contributed by atoms with Crippen LogP contribution in [0.1, 0.15) is 22.8 Å². The molecular weight excluding hydrogens is 164 g/mol. The molecule has 13 heavy (non-hydrogen) atoms. The molecule has 0 radical (unpaired) electrons. The van der Waals surface area contributed by atoms with E-state index in [-0.39, 0.29) is 5.97 Å². The van der Waals surface area contributed by atoms with Gasteiger partial charge in [0.25, 0.3) is 0 Å². The molecule has 1 aromatic rings. The number of benzene rings is 1. The van der Waals surface area contributed by atoms with E-state index in [1.54, 1.807) is 12.1 Å². The molecule has 1 rings (SSSR count). The van der Waals surface area contributed by atoms with Crippen molar-refractivity contribution in [3.8, 4) is 0 Å². The van der Waals surface area contributed by atoms with Crippen LogP contribution in [0.5, 0.6) is 0 Å². The van der Waals surface area contributed by atoms with E-state index >= 15 is 0 Å². The van der Waals surface area contributed by atoms with E-state index in [2.05, 4.69) is 4.74 Å². The van der Waals surface area contributed by atoms with Crippen LogP contribution in [-0.4, -0.2) is 13.1 Å². The number of carbonyl (C=O) groups is 1. The number of carbonyl (C=O) groups excluding carboxylic acids is 1. The summed E-state index contributed by atoms with van der Waals surface area (Å²) in [5.41, 5.74) is 1.66. The van der Waals surface area contributed by atoms with Crippen molar-refractivity contribution in [2.45, 2.75) is 6.92 Å². The lowest BCUT2D eigenvalue weighted by Crippen LogP contribution is -2.00. The molecule has 0 aliphatic carbocycles. The third-order valence-corrected chi connectivity index (χ3v) is 1.69. The summed E-state index contributed by atoms with van der Waals surface area (Å²) in [5, 5.41) is 0. The zero-order chi connectivity index (χ0) is 9.68. The fourth-order valence-electron chi connectivity index (χ4n) is 1.04. The number of allylic oxidation sites excluding steroid dienone is 1. The van der Waals surface area contributed by atoms with Crippen molar-refractivity contribution < 1.29 is 9.53 Å². The Balaban J connectivity index is 2.87. The van der Waals surface area contributed by atoms with Gasteiger partial charge in [-0.15, -0.1) is 0 Å². The van der Waals surface area contributed by atoms with E-state index < -0.39 is 0 Å². The van der Waals surface area contributed by atoms with E-state index in [0.717, 1.165) is 5.56 Å². The van der Waals surface area contributed by atoms with Gasteiger partial charge in [0, 0.05) is 0 Å². The van der Waals surface area contributed by atoms with Gasteiger partial charge in [0.05, 0.1) is 12.7 Å². The van der Waals surface area contributed by atoms with Crippen LogP contribution in [-0.2, 0) is 4.74 Å². The first kappa shape index (κ1) is 9.52. The third kappa shape index (κ3) is 2.44. The van der Waals surface area contributed by atoms with Crippen molar-refractivity contribution in [1.29, 1.82) is 0 Å². The molecule has 0 heterocycles. The van der Waals surface area contributed by atoms with Crippen molar-refractivity contribution >= 4 is 12.0 Å². The second kappa shape index (κ2) is 4.45. The smallest absolute Gasteiger partial charge is 0.337 e. The lowest BCUT2D eigenvalue weighted by Gasteiger charge is -1.98. The highest BCUT2D eigenvalue weighted by Crippen LogP contribution is 2.06. The molecule has 0 N–H and O–H groups in total. The molecule has 0 fully saturated rings. The van der Waals surface area contributed by atoms with Gasteiger partial charge in [-0.05, 0) is 24.6 Å². The highest BCUT2D eigenvalue weighted by atomic mass is 16.5. The van der Waals surface area contributed by atoms with Gasteiger partial charge in [-0.25, -0.2) is 4.79 Å². The number of ether oxygens (including phenoxy) is 1. The highest BCUT2D eigenvalue weighted by molar-refractivity contribution is 5.89. The Labute approximate surface area is 77.8 Å². The quantitative estimate of drug-likeness (QED) is 0.647. The standard InChI is InChI=1S/C11H12O2/c1-3-4-9-5-7-10(8-6-9)11(12)13-2/h3-8H,1-2H3/b4-3+. The normalized spacial score (nSPS) is 10.3. The predicted octanol–water partition coefficient (Wildman–Crippen LogP) is 2.51. The second-order valence-electron chi connectivity index (χ2n) is 2.61. The maximum atomic E-state index is 11.0. The first-order valence-corrected chi connectivity index (χ1v) is 4.09. The van der Waals surface area contributed by atoms with Crippen LogP contribution >= 0.6 is 0 Å². The number of rotatable bonds is 2. The largest absolute Gasteiger partial charge is 0.465 e. The Morgan fingerprint density at radius 3 is 2.38 bits per heavy atom. The molecule has 2 heteroatoms. The fraction of sp³-hybridized carbons (Fsp3) is 0.182. The maximum absolute atomic E-state index is 11.0. The van der Waals surface area contributed by atoms with Crippen LogP contribution in [0.4, 0.5) is 0 Å². The fourth-order valence-corrected chi connectivity index (χ4v) is 1.04. The van der Waals surface area contributed by atoms with Crippen LogP contribution < -0.4 is 0 Å². The van der Waals surface area contributed by atoms with Crippen LogP contribution in [0.2, 0.25) is 0 Å². The van der Waals surface area contributed by atoms with E-state index in [0.29, 0.717) is 5.56 Å². The highest BCUT2D eigenvalue weighted by Gasteiger charge is 2.02. The molecule has 0 bridgehead atoms. The molecule has 0 atom stereocenters. The molecule has 2 nitrogen and oxygen atoms in total. The Morgan fingerprint density at radius 1 is 1.31 bits per heavy atom. The van der Waals surface area contributed by atoms with Gasteiger partial charge in [-0.1, -0.05) is 24.3 Å². The Bertz CT molecular complexity index is 309. The average molecular weight is 176 g/mol. The molecule has 0 aliphatic rings. The van der Waals surface area contributed by atoms with Crippen molar-refractivity contribution in [2.24, 2.45) is 0 Å². The molecule has 0 unspecified atom stereocenters. The van der Waals surface area contributed by atoms with Crippen LogP contribution in [0.25, 0.3) is 6.08 Å². The third-order valence-electron chi connectivity index (χ3n) is 1.69. The molecule has 1 aromatic carbocycles. The summed E-state index contributed by atoms with van der Waals surface area (Å²) < 4.78 is 4.58. The minimum absolute atomic E-state index is 0.299. The van der Waals surface area contributed by atoms with E-state index in [4.69, 9.17) is 0 Å². The monoisotopic (exact) mass is 176 g/mol. The van der Waals surface area contributed by atoms with Crippen molar-refractivity contribution in [3.05, 3.63) is 41.5 Å². The van der Waals surface area contributed by atoms with Crippen molar-refractivity contribution in [3.63, 3.8) is 0 Å². The van der Waals surface area contributed by atoms with E-state index in [9.17, 15) is 4.79 Å². The van der Waals surface area contributed by atoms with Gasteiger partial charge in [0.15, 0.2) is 0 Å². The Kier molecular flexibility index (Phi) is 3.26. The lowest BCUT2D eigenvalue weighted by molar-refractivity contribution is 0.0601. The lowest BCUT2D eigenvalue weighted by atomic mass is 10.1. The number of esters is 1. The Morgan fingerprint density at radius 2 is 1.92 bits per heavy atom. The number of hydrogen-bond acceptors (Lipinski definition) is 2. The summed E-state index contributed by atoms with van der Waals surface area (Å²) >= 11 is 0. The van der Waals surface area contributed by atoms with Gasteiger partial charge >= 0.3 is 5.97 Å². The van der Waals surface area contributed by atoms with Gasteiger partial charge in [-0.3, -0.25) is 0 Å². The molecule has 0 aromatic heterocycles. The number of hydrogen-bond donors (Lipinski definition) is 0. The van der Waals surface area contributed by atoms with Gasteiger partial charge < -0.3 is 4.74 Å². The average Bonchev–Trinajstić information content (AvgIpc) is 2.18. The molecule has 0 amide bonds. The minimum Gasteiger partial charge on any atom is -0.465 e. The zero-order valence-electron chi connectivity index (χ0n) is 7.78. The summed E-state index contributed by atoms with van der Waals surface area (Å²) in [5.74, 6) is -0.299. The van der Waals surface area contributed by atoms with Gasteiger partial charge in [0.1, 0.15) is 0 Å². The van der Waals surface area contributed by atoms with Gasteiger partial charge in [0.2, 0.25) is 0 Å². The predicted molar refractivity (Wildman–Crippen MR) is 52.5 cm³/mol. The Hall–Kier alpha value is -1.57. The van der Waals surface area contributed by atoms with Crippen molar-refractivity contribution in [2.75, 3.05) is 7.11 Å². The summed E-state index contributed by atoms with van der Waals surface area (Å²) in [7, 11) is 1.38.